The van der Waals surface area contributed by atoms with E-state index >= 15 is 4.39 Å². The van der Waals surface area contributed by atoms with Gasteiger partial charge in [0.25, 0.3) is 0 Å². The second-order valence-electron chi connectivity index (χ2n) is 7.44. The molecule has 0 fully saturated rings. The molecule has 9 heteroatoms. The van der Waals surface area contributed by atoms with Crippen molar-refractivity contribution in [3.05, 3.63) is 58.1 Å². The van der Waals surface area contributed by atoms with Crippen LogP contribution in [0.25, 0.3) is 0 Å². The van der Waals surface area contributed by atoms with Crippen LogP contribution in [0.4, 0.5) is 13.6 Å². The van der Waals surface area contributed by atoms with E-state index in [0.29, 0.717) is 6.42 Å². The van der Waals surface area contributed by atoms with Crippen molar-refractivity contribution in [3.63, 3.8) is 0 Å². The van der Waals surface area contributed by atoms with Crippen molar-refractivity contribution in [1.29, 1.82) is 0 Å². The standard InChI is InChI=1S/C21H22ClF2NO5/c1-5-16(25-20(28)30-21(2,3)4)12-7-8-14(22)18(17(12)24)29-11-6-9-15(23)13(10-11)19(26)27/h6-10,16H,5H2,1-4H3,(H,25,28)(H,26,27)/t16-/m1/s1. The van der Waals surface area contributed by atoms with Crippen molar-refractivity contribution in [2.75, 3.05) is 0 Å². The molecule has 2 aromatic rings. The zero-order valence-corrected chi connectivity index (χ0v) is 17.6. The van der Waals surface area contributed by atoms with Gasteiger partial charge in [-0.2, -0.15) is 0 Å². The molecule has 0 saturated heterocycles. The maximum atomic E-state index is 15.2. The number of carbonyl (C=O) groups is 2. The molecule has 0 aliphatic rings. The minimum Gasteiger partial charge on any atom is -0.478 e. The highest BCUT2D eigenvalue weighted by atomic mass is 35.5. The number of hydrogen-bond donors (Lipinski definition) is 2. The lowest BCUT2D eigenvalue weighted by Crippen LogP contribution is -2.35. The van der Waals surface area contributed by atoms with Gasteiger partial charge >= 0.3 is 12.1 Å². The zero-order valence-electron chi connectivity index (χ0n) is 16.9. The minimum absolute atomic E-state index is 0.0791. The van der Waals surface area contributed by atoms with Crippen molar-refractivity contribution in [1.82, 2.24) is 5.32 Å². The SMILES string of the molecule is CC[C@@H](NC(=O)OC(C)(C)C)c1ccc(Cl)c(Oc2ccc(F)c(C(=O)O)c2)c1F. The number of carboxylic acids is 1. The number of carboxylic acid groups (broad SMARTS) is 1. The number of rotatable bonds is 6. The third-order valence-electron chi connectivity index (χ3n) is 3.94. The topological polar surface area (TPSA) is 84.9 Å². The Hall–Kier alpha value is -2.87. The second kappa shape index (κ2) is 9.30. The van der Waals surface area contributed by atoms with E-state index in [1.807, 2.05) is 0 Å². The molecular weight excluding hydrogens is 420 g/mol. The molecule has 2 aromatic carbocycles. The smallest absolute Gasteiger partial charge is 0.408 e. The average molecular weight is 442 g/mol. The number of hydrogen-bond acceptors (Lipinski definition) is 4. The van der Waals surface area contributed by atoms with Crippen LogP contribution in [0, 0.1) is 11.6 Å². The lowest BCUT2D eigenvalue weighted by atomic mass is 10.0. The number of alkyl carbamates (subject to hydrolysis) is 1. The van der Waals surface area contributed by atoms with Gasteiger partial charge in [0.15, 0.2) is 11.6 Å². The fourth-order valence-electron chi connectivity index (χ4n) is 2.61. The third-order valence-corrected chi connectivity index (χ3v) is 4.24. The third kappa shape index (κ3) is 5.82. The summed E-state index contributed by atoms with van der Waals surface area (Å²) in [6, 6.07) is 5.03. The molecule has 0 spiro atoms. The summed E-state index contributed by atoms with van der Waals surface area (Å²) in [5.74, 6) is -3.78. The zero-order chi connectivity index (χ0) is 22.6. The van der Waals surface area contributed by atoms with Crippen molar-refractivity contribution < 1.29 is 33.0 Å². The van der Waals surface area contributed by atoms with Gasteiger partial charge in [-0.3, -0.25) is 0 Å². The molecule has 0 radical (unpaired) electrons. The van der Waals surface area contributed by atoms with E-state index in [0.717, 1.165) is 18.2 Å². The molecule has 0 aliphatic heterocycles. The predicted molar refractivity (Wildman–Crippen MR) is 107 cm³/mol. The first-order chi connectivity index (χ1) is 13.9. The minimum atomic E-state index is -1.49. The summed E-state index contributed by atoms with van der Waals surface area (Å²) in [6.45, 7) is 6.86. The van der Waals surface area contributed by atoms with Crippen LogP contribution in [0.3, 0.4) is 0 Å². The molecule has 2 rings (SSSR count). The van der Waals surface area contributed by atoms with Gasteiger partial charge in [0, 0.05) is 5.56 Å². The predicted octanol–water partition coefficient (Wildman–Crippen LogP) is 6.08. The number of ether oxygens (including phenoxy) is 2. The van der Waals surface area contributed by atoms with Crippen LogP contribution in [-0.2, 0) is 4.74 Å². The maximum absolute atomic E-state index is 15.2. The highest BCUT2D eigenvalue weighted by molar-refractivity contribution is 6.32. The molecule has 0 aromatic heterocycles. The van der Waals surface area contributed by atoms with Crippen LogP contribution in [0.2, 0.25) is 5.02 Å². The first kappa shape index (κ1) is 23.4. The number of carbonyl (C=O) groups excluding carboxylic acids is 1. The van der Waals surface area contributed by atoms with Crippen LogP contribution >= 0.6 is 11.6 Å². The Kier molecular flexibility index (Phi) is 7.25. The monoisotopic (exact) mass is 441 g/mol. The average Bonchev–Trinajstić information content (AvgIpc) is 2.63. The lowest BCUT2D eigenvalue weighted by Gasteiger charge is -2.24. The highest BCUT2D eigenvalue weighted by Crippen LogP contribution is 2.37. The van der Waals surface area contributed by atoms with E-state index in [-0.39, 0.29) is 22.1 Å². The maximum Gasteiger partial charge on any atom is 0.408 e. The van der Waals surface area contributed by atoms with Crippen LogP contribution in [0.15, 0.2) is 30.3 Å². The van der Waals surface area contributed by atoms with Gasteiger partial charge in [-0.1, -0.05) is 24.6 Å². The number of amides is 1. The molecule has 0 unspecified atom stereocenters. The van der Waals surface area contributed by atoms with Crippen molar-refractivity contribution in [2.45, 2.75) is 45.8 Å². The number of benzene rings is 2. The largest absolute Gasteiger partial charge is 0.478 e. The van der Waals surface area contributed by atoms with Crippen LogP contribution in [-0.4, -0.2) is 22.8 Å². The van der Waals surface area contributed by atoms with E-state index in [9.17, 15) is 14.0 Å². The first-order valence-corrected chi connectivity index (χ1v) is 9.48. The van der Waals surface area contributed by atoms with Crippen molar-refractivity contribution in [2.24, 2.45) is 0 Å². The lowest BCUT2D eigenvalue weighted by molar-refractivity contribution is 0.0500. The number of nitrogens with one attached hydrogen (secondary N) is 1. The second-order valence-corrected chi connectivity index (χ2v) is 7.84. The van der Waals surface area contributed by atoms with Crippen molar-refractivity contribution in [3.8, 4) is 11.5 Å². The van der Waals surface area contributed by atoms with Gasteiger partial charge in [-0.25, -0.2) is 18.4 Å². The molecule has 162 valence electrons. The van der Waals surface area contributed by atoms with Crippen molar-refractivity contribution >= 4 is 23.7 Å². The van der Waals surface area contributed by atoms with E-state index in [1.54, 1.807) is 27.7 Å². The normalized spacial score (nSPS) is 12.2. The summed E-state index contributed by atoms with van der Waals surface area (Å²) in [5, 5.41) is 11.5. The molecule has 1 amide bonds. The Morgan fingerprint density at radius 2 is 1.87 bits per heavy atom. The summed E-state index contributed by atoms with van der Waals surface area (Å²) in [6.07, 6.45) is -0.368. The Bertz CT molecular complexity index is 959. The van der Waals surface area contributed by atoms with Gasteiger partial charge in [-0.05, 0) is 51.5 Å². The molecular formula is C21H22ClF2NO5. The van der Waals surface area contributed by atoms with Gasteiger partial charge in [0.1, 0.15) is 17.2 Å². The molecule has 0 aliphatic carbocycles. The van der Waals surface area contributed by atoms with Gasteiger partial charge < -0.3 is 19.9 Å². The van der Waals surface area contributed by atoms with Gasteiger partial charge in [-0.15, -0.1) is 0 Å². The van der Waals surface area contributed by atoms with Crippen LogP contribution in [0.5, 0.6) is 11.5 Å². The summed E-state index contributed by atoms with van der Waals surface area (Å²) in [5.41, 5.74) is -1.25. The molecule has 2 N–H and O–H groups in total. The van der Waals surface area contributed by atoms with Gasteiger partial charge in [0.2, 0.25) is 0 Å². The first-order valence-electron chi connectivity index (χ1n) is 9.11. The molecule has 1 atom stereocenters. The molecule has 0 saturated carbocycles. The molecule has 30 heavy (non-hydrogen) atoms. The van der Waals surface area contributed by atoms with Gasteiger partial charge in [0.05, 0.1) is 16.6 Å². The highest BCUT2D eigenvalue weighted by Gasteiger charge is 2.25. The summed E-state index contributed by atoms with van der Waals surface area (Å²) in [4.78, 5) is 23.2. The number of halogens is 3. The Morgan fingerprint density at radius 1 is 1.20 bits per heavy atom. The summed E-state index contributed by atoms with van der Waals surface area (Å²) >= 11 is 6.06. The molecule has 0 bridgehead atoms. The van der Waals surface area contributed by atoms with E-state index < -0.39 is 40.9 Å². The van der Waals surface area contributed by atoms with E-state index in [2.05, 4.69) is 5.32 Å². The van der Waals surface area contributed by atoms with E-state index in [1.165, 1.54) is 12.1 Å². The number of aromatic carboxylic acids is 1. The van der Waals surface area contributed by atoms with Crippen LogP contribution in [0.1, 0.15) is 56.1 Å². The quantitative estimate of drug-likeness (QED) is 0.567. The Balaban J connectivity index is 2.35. The van der Waals surface area contributed by atoms with E-state index in [4.69, 9.17) is 26.2 Å². The van der Waals surface area contributed by atoms with Crippen LogP contribution < -0.4 is 10.1 Å². The fourth-order valence-corrected chi connectivity index (χ4v) is 2.79. The molecule has 0 heterocycles. The summed E-state index contributed by atoms with van der Waals surface area (Å²) < 4.78 is 39.4. The molecule has 6 nitrogen and oxygen atoms in total. The fraction of sp³-hybridized carbons (Fsp3) is 0.333. The Morgan fingerprint density at radius 3 is 2.43 bits per heavy atom. The Labute approximate surface area is 177 Å². The summed E-state index contributed by atoms with van der Waals surface area (Å²) in [7, 11) is 0.